The zero-order valence-electron chi connectivity index (χ0n) is 14.1. The van der Waals surface area contributed by atoms with E-state index in [-0.39, 0.29) is 5.82 Å². The Bertz CT molecular complexity index is 822. The van der Waals surface area contributed by atoms with Crippen molar-refractivity contribution in [1.29, 1.82) is 0 Å². The van der Waals surface area contributed by atoms with Crippen molar-refractivity contribution in [1.82, 2.24) is 14.5 Å². The second kappa shape index (κ2) is 7.07. The largest absolute Gasteiger partial charge is 0.367 e. The third kappa shape index (κ3) is 3.42. The molecule has 1 aliphatic rings. The quantitative estimate of drug-likeness (QED) is 0.730. The van der Waals surface area contributed by atoms with E-state index in [1.807, 2.05) is 24.4 Å². The molecule has 5 heteroatoms. The predicted octanol–water partition coefficient (Wildman–Crippen LogP) is 3.33. The predicted molar refractivity (Wildman–Crippen MR) is 97.5 cm³/mol. The lowest BCUT2D eigenvalue weighted by Gasteiger charge is -2.36. The van der Waals surface area contributed by atoms with Crippen LogP contribution in [0.5, 0.6) is 0 Å². The monoisotopic (exact) mass is 336 g/mol. The van der Waals surface area contributed by atoms with Crippen LogP contribution in [0.1, 0.15) is 5.69 Å². The van der Waals surface area contributed by atoms with E-state index in [2.05, 4.69) is 43.7 Å². The Morgan fingerprint density at radius 3 is 2.52 bits per heavy atom. The highest BCUT2D eigenvalue weighted by Crippen LogP contribution is 2.21. The number of benzene rings is 1. The average molecular weight is 336 g/mol. The van der Waals surface area contributed by atoms with E-state index in [0.29, 0.717) is 5.69 Å². The van der Waals surface area contributed by atoms with E-state index in [0.717, 1.165) is 38.4 Å². The molecule has 0 spiro atoms. The van der Waals surface area contributed by atoms with Gasteiger partial charge < -0.3 is 9.47 Å². The van der Waals surface area contributed by atoms with Crippen molar-refractivity contribution in [2.45, 2.75) is 6.54 Å². The first-order valence-electron chi connectivity index (χ1n) is 8.60. The highest BCUT2D eigenvalue weighted by Gasteiger charge is 2.20. The lowest BCUT2D eigenvalue weighted by molar-refractivity contribution is 0.245. The summed E-state index contributed by atoms with van der Waals surface area (Å²) in [6.45, 7) is 4.41. The molecule has 0 atom stereocenters. The molecule has 128 valence electrons. The van der Waals surface area contributed by atoms with Crippen molar-refractivity contribution >= 4 is 5.69 Å². The summed E-state index contributed by atoms with van der Waals surface area (Å²) in [5.74, 6) is -0.138. The Labute approximate surface area is 147 Å². The van der Waals surface area contributed by atoms with Gasteiger partial charge >= 0.3 is 0 Å². The summed E-state index contributed by atoms with van der Waals surface area (Å²) >= 11 is 0. The zero-order valence-corrected chi connectivity index (χ0v) is 14.1. The Balaban J connectivity index is 1.42. The molecule has 3 aromatic rings. The van der Waals surface area contributed by atoms with Crippen LogP contribution in [-0.4, -0.2) is 40.6 Å². The minimum Gasteiger partial charge on any atom is -0.367 e. The standard InChI is InChI=1S/C20H21FN4/c21-19-7-1-2-8-20(19)24-13-11-23(12-14-24)16-18-6-4-10-25(18)17-5-3-9-22-15-17/h1-10,15H,11-14,16H2. The van der Waals surface area contributed by atoms with Gasteiger partial charge in [0, 0.05) is 50.8 Å². The first-order valence-corrected chi connectivity index (χ1v) is 8.60. The Morgan fingerprint density at radius 2 is 1.76 bits per heavy atom. The van der Waals surface area contributed by atoms with Crippen LogP contribution in [0.15, 0.2) is 67.1 Å². The number of hydrogen-bond donors (Lipinski definition) is 0. The summed E-state index contributed by atoms with van der Waals surface area (Å²) < 4.78 is 16.1. The molecule has 0 N–H and O–H groups in total. The Kier molecular flexibility index (Phi) is 4.48. The van der Waals surface area contributed by atoms with Crippen LogP contribution in [0.4, 0.5) is 10.1 Å². The van der Waals surface area contributed by atoms with Gasteiger partial charge in [0.15, 0.2) is 0 Å². The summed E-state index contributed by atoms with van der Waals surface area (Å²) in [4.78, 5) is 8.75. The minimum atomic E-state index is -0.138. The molecule has 2 aromatic heterocycles. The van der Waals surface area contributed by atoms with Crippen LogP contribution in [-0.2, 0) is 6.54 Å². The number of anilines is 1. The highest BCUT2D eigenvalue weighted by molar-refractivity contribution is 5.48. The summed E-state index contributed by atoms with van der Waals surface area (Å²) in [5.41, 5.74) is 3.03. The van der Waals surface area contributed by atoms with Crippen LogP contribution in [0.3, 0.4) is 0 Å². The number of nitrogens with zero attached hydrogens (tertiary/aromatic N) is 4. The second-order valence-corrected chi connectivity index (χ2v) is 6.30. The third-order valence-electron chi connectivity index (χ3n) is 4.71. The lowest BCUT2D eigenvalue weighted by Crippen LogP contribution is -2.46. The van der Waals surface area contributed by atoms with Crippen LogP contribution < -0.4 is 4.90 Å². The zero-order chi connectivity index (χ0) is 17.1. The van der Waals surface area contributed by atoms with E-state index in [1.54, 1.807) is 12.3 Å². The first kappa shape index (κ1) is 15.8. The van der Waals surface area contributed by atoms with Gasteiger partial charge in [-0.1, -0.05) is 12.1 Å². The maximum absolute atomic E-state index is 14.0. The minimum absolute atomic E-state index is 0.138. The number of rotatable bonds is 4. The fourth-order valence-corrected chi connectivity index (χ4v) is 3.38. The van der Waals surface area contributed by atoms with Crippen molar-refractivity contribution < 1.29 is 4.39 Å². The summed E-state index contributed by atoms with van der Waals surface area (Å²) in [6.07, 6.45) is 5.73. The van der Waals surface area contributed by atoms with Gasteiger partial charge in [-0.05, 0) is 36.4 Å². The molecule has 0 unspecified atom stereocenters. The molecule has 4 nitrogen and oxygen atoms in total. The van der Waals surface area contributed by atoms with Crippen molar-refractivity contribution in [2.75, 3.05) is 31.1 Å². The molecule has 0 radical (unpaired) electrons. The SMILES string of the molecule is Fc1ccccc1N1CCN(Cc2cccn2-c2cccnc2)CC1. The van der Waals surface area contributed by atoms with Gasteiger partial charge in [-0.15, -0.1) is 0 Å². The molecule has 0 aliphatic carbocycles. The van der Waals surface area contributed by atoms with E-state index >= 15 is 0 Å². The smallest absolute Gasteiger partial charge is 0.146 e. The molecule has 4 rings (SSSR count). The number of halogens is 1. The van der Waals surface area contributed by atoms with Crippen LogP contribution in [0.2, 0.25) is 0 Å². The van der Waals surface area contributed by atoms with Crippen molar-refractivity contribution in [2.24, 2.45) is 0 Å². The molecule has 1 aromatic carbocycles. The first-order chi connectivity index (χ1) is 12.3. The number of hydrogen-bond acceptors (Lipinski definition) is 3. The number of para-hydroxylation sites is 1. The van der Waals surface area contributed by atoms with Gasteiger partial charge in [0.05, 0.1) is 17.6 Å². The van der Waals surface area contributed by atoms with E-state index in [9.17, 15) is 4.39 Å². The van der Waals surface area contributed by atoms with Gasteiger partial charge in [-0.3, -0.25) is 9.88 Å². The fraction of sp³-hybridized carbons (Fsp3) is 0.250. The summed E-state index contributed by atoms with van der Waals surface area (Å²) in [7, 11) is 0. The molecule has 1 aliphatic heterocycles. The second-order valence-electron chi connectivity index (χ2n) is 6.30. The van der Waals surface area contributed by atoms with Crippen LogP contribution in [0.25, 0.3) is 5.69 Å². The number of piperazine rings is 1. The number of aromatic nitrogens is 2. The van der Waals surface area contributed by atoms with E-state index < -0.39 is 0 Å². The van der Waals surface area contributed by atoms with E-state index in [4.69, 9.17) is 0 Å². The van der Waals surface area contributed by atoms with Gasteiger partial charge in [-0.2, -0.15) is 0 Å². The van der Waals surface area contributed by atoms with Crippen LogP contribution in [0, 0.1) is 5.82 Å². The van der Waals surface area contributed by atoms with Gasteiger partial charge in [0.1, 0.15) is 5.82 Å². The normalized spacial score (nSPS) is 15.5. The molecule has 1 fully saturated rings. The van der Waals surface area contributed by atoms with Crippen molar-refractivity contribution in [3.05, 3.63) is 78.6 Å². The number of pyridine rings is 1. The maximum atomic E-state index is 14.0. The molecule has 0 bridgehead atoms. The summed E-state index contributed by atoms with van der Waals surface area (Å²) in [5, 5.41) is 0. The lowest BCUT2D eigenvalue weighted by atomic mass is 10.2. The Hall–Kier alpha value is -2.66. The van der Waals surface area contributed by atoms with Crippen molar-refractivity contribution in [3.63, 3.8) is 0 Å². The molecular weight excluding hydrogens is 315 g/mol. The van der Waals surface area contributed by atoms with Crippen LogP contribution >= 0.6 is 0 Å². The maximum Gasteiger partial charge on any atom is 0.146 e. The average Bonchev–Trinajstić information content (AvgIpc) is 3.12. The molecule has 0 amide bonds. The van der Waals surface area contributed by atoms with Crippen molar-refractivity contribution in [3.8, 4) is 5.69 Å². The highest BCUT2D eigenvalue weighted by atomic mass is 19.1. The third-order valence-corrected chi connectivity index (χ3v) is 4.71. The Morgan fingerprint density at radius 1 is 0.920 bits per heavy atom. The topological polar surface area (TPSA) is 24.3 Å². The van der Waals surface area contributed by atoms with Gasteiger partial charge in [0.2, 0.25) is 0 Å². The van der Waals surface area contributed by atoms with Gasteiger partial charge in [-0.25, -0.2) is 4.39 Å². The van der Waals surface area contributed by atoms with E-state index in [1.165, 1.54) is 11.8 Å². The molecule has 3 heterocycles. The molecule has 1 saturated heterocycles. The summed E-state index contributed by atoms with van der Waals surface area (Å²) in [6, 6.07) is 15.3. The molecular formula is C20H21FN4. The molecule has 0 saturated carbocycles. The van der Waals surface area contributed by atoms with Gasteiger partial charge in [0.25, 0.3) is 0 Å². The fourth-order valence-electron chi connectivity index (χ4n) is 3.38. The molecule has 25 heavy (non-hydrogen) atoms.